The zero-order valence-corrected chi connectivity index (χ0v) is 10.6. The Kier molecular flexibility index (Phi) is 3.82. The summed E-state index contributed by atoms with van der Waals surface area (Å²) in [5.74, 6) is -0.352. The number of rotatable bonds is 3. The molecule has 0 aromatic carbocycles. The molecule has 0 bridgehead atoms. The van der Waals surface area contributed by atoms with E-state index in [1.54, 1.807) is 6.07 Å². The zero-order chi connectivity index (χ0) is 13.8. The lowest BCUT2D eigenvalue weighted by Gasteiger charge is -2.07. The Bertz CT molecular complexity index is 669. The molecule has 0 saturated carbocycles. The highest BCUT2D eigenvalue weighted by molar-refractivity contribution is 6.29. The van der Waals surface area contributed by atoms with Gasteiger partial charge in [0.25, 0.3) is 5.56 Å². The van der Waals surface area contributed by atoms with E-state index in [0.29, 0.717) is 11.4 Å². The Balaban J connectivity index is 2.09. The number of nitrogens with one attached hydrogen (secondary N) is 1. The summed E-state index contributed by atoms with van der Waals surface area (Å²) < 4.78 is 1.23. The van der Waals surface area contributed by atoms with Gasteiger partial charge in [0.1, 0.15) is 11.7 Å². The van der Waals surface area contributed by atoms with E-state index >= 15 is 0 Å². The first-order chi connectivity index (χ1) is 9.04. The Morgan fingerprint density at radius 1 is 1.42 bits per heavy atom. The fraction of sp³-hybridized carbons (Fsp3) is 0.0833. The van der Waals surface area contributed by atoms with Crippen molar-refractivity contribution in [2.24, 2.45) is 0 Å². The molecule has 0 unspecified atom stereocenters. The summed E-state index contributed by atoms with van der Waals surface area (Å²) >= 11 is 5.70. The van der Waals surface area contributed by atoms with Crippen LogP contribution in [0.4, 0.5) is 11.4 Å². The van der Waals surface area contributed by atoms with Crippen LogP contribution >= 0.6 is 11.6 Å². The van der Waals surface area contributed by atoms with Crippen LogP contribution in [0.3, 0.4) is 0 Å². The molecule has 0 radical (unpaired) electrons. The monoisotopic (exact) mass is 278 g/mol. The molecule has 0 fully saturated rings. The minimum atomic E-state index is -0.352. The molecule has 0 spiro atoms. The average molecular weight is 279 g/mol. The van der Waals surface area contributed by atoms with Crippen LogP contribution in [0.2, 0.25) is 5.15 Å². The summed E-state index contributed by atoms with van der Waals surface area (Å²) in [5, 5.41) is 2.89. The van der Waals surface area contributed by atoms with E-state index in [1.165, 1.54) is 35.2 Å². The number of pyridine rings is 2. The number of carbonyl (C=O) groups is 1. The van der Waals surface area contributed by atoms with Crippen LogP contribution in [0.5, 0.6) is 0 Å². The van der Waals surface area contributed by atoms with Crippen molar-refractivity contribution < 1.29 is 4.79 Å². The van der Waals surface area contributed by atoms with Crippen molar-refractivity contribution in [3.8, 4) is 0 Å². The molecule has 19 heavy (non-hydrogen) atoms. The van der Waals surface area contributed by atoms with Gasteiger partial charge in [-0.15, -0.1) is 0 Å². The molecular weight excluding hydrogens is 268 g/mol. The van der Waals surface area contributed by atoms with Gasteiger partial charge in [0.2, 0.25) is 5.91 Å². The van der Waals surface area contributed by atoms with E-state index in [1.807, 2.05) is 0 Å². The summed E-state index contributed by atoms with van der Waals surface area (Å²) in [7, 11) is 0. The second-order valence-corrected chi connectivity index (χ2v) is 4.23. The van der Waals surface area contributed by atoms with Gasteiger partial charge in [-0.3, -0.25) is 9.59 Å². The number of hydrogen-bond donors (Lipinski definition) is 2. The Morgan fingerprint density at radius 2 is 2.21 bits per heavy atom. The molecule has 2 aromatic rings. The molecular formula is C12H11ClN4O2. The number of nitrogen functional groups attached to an aromatic ring is 1. The van der Waals surface area contributed by atoms with Crippen molar-refractivity contribution in [1.29, 1.82) is 0 Å². The van der Waals surface area contributed by atoms with Gasteiger partial charge < -0.3 is 15.6 Å². The molecule has 0 aliphatic rings. The Labute approximate surface area is 113 Å². The highest BCUT2D eigenvalue weighted by Crippen LogP contribution is 2.11. The van der Waals surface area contributed by atoms with Crippen LogP contribution < -0.4 is 16.6 Å². The molecule has 2 aromatic heterocycles. The Hall–Kier alpha value is -2.34. The maximum Gasteiger partial charge on any atom is 0.251 e. The lowest BCUT2D eigenvalue weighted by atomic mass is 10.4. The standard InChI is InChI=1S/C12H11ClN4O2/c13-10-5-9(3-4-15-10)16-11(18)7-17-6-8(14)1-2-12(17)19/h1-6H,7,14H2,(H,15,16,18). The smallest absolute Gasteiger partial charge is 0.251 e. The average Bonchev–Trinajstić information content (AvgIpc) is 2.34. The number of hydrogen-bond acceptors (Lipinski definition) is 4. The maximum absolute atomic E-state index is 11.8. The largest absolute Gasteiger partial charge is 0.398 e. The summed E-state index contributed by atoms with van der Waals surface area (Å²) in [6.45, 7) is -0.121. The summed E-state index contributed by atoms with van der Waals surface area (Å²) in [6.07, 6.45) is 2.89. The molecule has 1 amide bonds. The van der Waals surface area contributed by atoms with Gasteiger partial charge in [0.15, 0.2) is 0 Å². The van der Waals surface area contributed by atoms with Gasteiger partial charge >= 0.3 is 0 Å². The van der Waals surface area contributed by atoms with E-state index in [4.69, 9.17) is 17.3 Å². The third-order valence-electron chi connectivity index (χ3n) is 2.33. The maximum atomic E-state index is 11.8. The summed E-state index contributed by atoms with van der Waals surface area (Å²) in [5.41, 5.74) is 6.20. The van der Waals surface area contributed by atoms with Crippen molar-refractivity contribution >= 4 is 28.9 Å². The predicted molar refractivity (Wildman–Crippen MR) is 73.0 cm³/mol. The number of nitrogens with two attached hydrogens (primary N) is 1. The SMILES string of the molecule is Nc1ccc(=O)n(CC(=O)Nc2ccnc(Cl)c2)c1. The summed E-state index contributed by atoms with van der Waals surface area (Å²) in [4.78, 5) is 27.1. The van der Waals surface area contributed by atoms with E-state index in [-0.39, 0.29) is 23.2 Å². The highest BCUT2D eigenvalue weighted by Gasteiger charge is 2.05. The fourth-order valence-corrected chi connectivity index (χ4v) is 1.68. The minimum absolute atomic E-state index is 0.121. The number of nitrogens with zero attached hydrogens (tertiary/aromatic N) is 2. The lowest BCUT2D eigenvalue weighted by molar-refractivity contribution is -0.116. The van der Waals surface area contributed by atoms with E-state index in [2.05, 4.69) is 10.3 Å². The number of anilines is 2. The number of aromatic nitrogens is 2. The second kappa shape index (κ2) is 5.53. The third kappa shape index (κ3) is 3.56. The second-order valence-electron chi connectivity index (χ2n) is 3.84. The van der Waals surface area contributed by atoms with Gasteiger partial charge in [0, 0.05) is 29.8 Å². The first-order valence-electron chi connectivity index (χ1n) is 5.42. The predicted octanol–water partition coefficient (Wildman–Crippen LogP) is 1.12. The molecule has 0 saturated heterocycles. The van der Waals surface area contributed by atoms with Crippen LogP contribution in [0.1, 0.15) is 0 Å². The molecule has 0 aliphatic carbocycles. The number of amides is 1. The topological polar surface area (TPSA) is 90.0 Å². The third-order valence-corrected chi connectivity index (χ3v) is 2.54. The molecule has 2 heterocycles. The lowest BCUT2D eigenvalue weighted by Crippen LogP contribution is -2.27. The van der Waals surface area contributed by atoms with Crippen molar-refractivity contribution in [2.45, 2.75) is 6.54 Å². The molecule has 2 rings (SSSR count). The van der Waals surface area contributed by atoms with E-state index in [9.17, 15) is 9.59 Å². The number of carbonyl (C=O) groups excluding carboxylic acids is 1. The van der Waals surface area contributed by atoms with Gasteiger partial charge in [0.05, 0.1) is 0 Å². The van der Waals surface area contributed by atoms with Crippen LogP contribution in [-0.4, -0.2) is 15.5 Å². The molecule has 7 heteroatoms. The van der Waals surface area contributed by atoms with Crippen LogP contribution in [-0.2, 0) is 11.3 Å². The van der Waals surface area contributed by atoms with Crippen molar-refractivity contribution in [1.82, 2.24) is 9.55 Å². The van der Waals surface area contributed by atoms with Crippen LogP contribution in [0.15, 0.2) is 41.5 Å². The molecule has 98 valence electrons. The minimum Gasteiger partial charge on any atom is -0.398 e. The van der Waals surface area contributed by atoms with Crippen molar-refractivity contribution in [3.63, 3.8) is 0 Å². The van der Waals surface area contributed by atoms with Gasteiger partial charge in [-0.25, -0.2) is 4.98 Å². The quantitative estimate of drug-likeness (QED) is 0.823. The van der Waals surface area contributed by atoms with Crippen LogP contribution in [0, 0.1) is 0 Å². The fourth-order valence-electron chi connectivity index (χ4n) is 1.51. The first kappa shape index (κ1) is 13.1. The number of halogens is 1. The summed E-state index contributed by atoms with van der Waals surface area (Å²) in [6, 6.07) is 5.92. The van der Waals surface area contributed by atoms with Gasteiger partial charge in [-0.2, -0.15) is 0 Å². The van der Waals surface area contributed by atoms with Crippen molar-refractivity contribution in [3.05, 3.63) is 52.2 Å². The van der Waals surface area contributed by atoms with E-state index < -0.39 is 0 Å². The molecule has 0 aliphatic heterocycles. The Morgan fingerprint density at radius 3 is 2.95 bits per heavy atom. The molecule has 6 nitrogen and oxygen atoms in total. The molecule has 3 N–H and O–H groups in total. The molecule has 0 atom stereocenters. The van der Waals surface area contributed by atoms with Crippen LogP contribution in [0.25, 0.3) is 0 Å². The van der Waals surface area contributed by atoms with Crippen molar-refractivity contribution in [2.75, 3.05) is 11.1 Å². The van der Waals surface area contributed by atoms with Gasteiger partial charge in [-0.05, 0) is 18.2 Å². The normalized spacial score (nSPS) is 10.2. The highest BCUT2D eigenvalue weighted by atomic mass is 35.5. The van der Waals surface area contributed by atoms with E-state index in [0.717, 1.165) is 0 Å². The zero-order valence-electron chi connectivity index (χ0n) is 9.84. The first-order valence-corrected chi connectivity index (χ1v) is 5.80. The van der Waals surface area contributed by atoms with Gasteiger partial charge in [-0.1, -0.05) is 11.6 Å².